The molecule has 4 aromatic rings. The van der Waals surface area contributed by atoms with Gasteiger partial charge in [-0.05, 0) is 43.7 Å². The van der Waals surface area contributed by atoms with Crippen LogP contribution < -0.4 is 5.32 Å². The molecule has 1 aromatic heterocycles. The van der Waals surface area contributed by atoms with Gasteiger partial charge >= 0.3 is 0 Å². The van der Waals surface area contributed by atoms with E-state index in [1.54, 1.807) is 22.9 Å². The van der Waals surface area contributed by atoms with Gasteiger partial charge in [-0.15, -0.1) is 0 Å². The number of phenols is 1. The minimum atomic E-state index is -1.04. The number of rotatable bonds is 4. The maximum absolute atomic E-state index is 13.6. The van der Waals surface area contributed by atoms with Crippen molar-refractivity contribution in [2.45, 2.75) is 19.8 Å². The lowest BCUT2D eigenvalue weighted by Gasteiger charge is -2.31. The number of hydrogen-bond donors (Lipinski definition) is 2. The van der Waals surface area contributed by atoms with E-state index < -0.39 is 23.5 Å². The summed E-state index contributed by atoms with van der Waals surface area (Å²) in [6, 6.07) is 23.7. The second-order valence-corrected chi connectivity index (χ2v) is 8.33. The van der Waals surface area contributed by atoms with Gasteiger partial charge in [-0.3, -0.25) is 9.59 Å². The molecule has 6 heteroatoms. The number of aryl methyl sites for hydroxylation is 2. The van der Waals surface area contributed by atoms with Crippen LogP contribution in [0.25, 0.3) is 5.69 Å². The molecular formula is C27H23N3O3. The maximum Gasteiger partial charge on any atom is 0.237 e. The molecule has 0 bridgehead atoms. The van der Waals surface area contributed by atoms with Crippen molar-refractivity contribution in [3.63, 3.8) is 0 Å². The number of fused-ring (bicyclic) bond motifs is 1. The maximum atomic E-state index is 13.6. The van der Waals surface area contributed by atoms with Gasteiger partial charge in [-0.1, -0.05) is 60.2 Å². The van der Waals surface area contributed by atoms with E-state index in [0.717, 1.165) is 28.1 Å². The molecule has 2 N–H and O–H groups in total. The van der Waals surface area contributed by atoms with E-state index in [4.69, 9.17) is 5.10 Å². The molecule has 0 saturated carbocycles. The molecular weight excluding hydrogens is 414 g/mol. The molecule has 0 saturated heterocycles. The van der Waals surface area contributed by atoms with E-state index in [1.807, 2.05) is 68.4 Å². The molecule has 0 spiro atoms. The lowest BCUT2D eigenvalue weighted by Crippen LogP contribution is -2.40. The second-order valence-electron chi connectivity index (χ2n) is 8.33. The van der Waals surface area contributed by atoms with Gasteiger partial charge in [0.05, 0.1) is 16.9 Å². The molecule has 6 nitrogen and oxygen atoms in total. The first-order valence-corrected chi connectivity index (χ1v) is 10.8. The highest BCUT2D eigenvalue weighted by atomic mass is 16.3. The topological polar surface area (TPSA) is 84.2 Å². The van der Waals surface area contributed by atoms with Crippen LogP contribution in [0.4, 0.5) is 5.82 Å². The smallest absolute Gasteiger partial charge is 0.237 e. The number of benzene rings is 3. The normalized spacial score (nSPS) is 17.3. The number of phenolic OH excluding ortho intramolecular Hbond substituents is 1. The number of para-hydroxylation sites is 2. The average Bonchev–Trinajstić information content (AvgIpc) is 3.15. The zero-order valence-corrected chi connectivity index (χ0v) is 18.3. The number of aromatic nitrogens is 2. The number of nitrogens with one attached hydrogen (secondary N) is 1. The third-order valence-electron chi connectivity index (χ3n) is 6.16. The Kier molecular flexibility index (Phi) is 5.05. The van der Waals surface area contributed by atoms with Crippen molar-refractivity contribution in [2.24, 2.45) is 5.92 Å². The Balaban J connectivity index is 1.72. The Hall–Kier alpha value is -4.19. The number of carbonyl (C=O) groups excluding carboxylic acids is 2. The molecule has 1 aliphatic rings. The van der Waals surface area contributed by atoms with E-state index in [0.29, 0.717) is 5.82 Å². The summed E-state index contributed by atoms with van der Waals surface area (Å²) in [5, 5.41) is 18.0. The molecule has 33 heavy (non-hydrogen) atoms. The number of aromatic hydroxyl groups is 1. The lowest BCUT2D eigenvalue weighted by molar-refractivity contribution is -0.119. The largest absolute Gasteiger partial charge is 0.507 e. The third kappa shape index (κ3) is 3.49. The molecule has 164 valence electrons. The zero-order chi connectivity index (χ0) is 23.1. The SMILES string of the molecule is Cc1ccc(C2c3c(C)nn(-c4ccccc4)c3NC(=O)C2C(=O)c2ccccc2O)cc1. The van der Waals surface area contributed by atoms with Gasteiger partial charge in [0.15, 0.2) is 5.78 Å². The van der Waals surface area contributed by atoms with Crippen LogP contribution in [0.5, 0.6) is 5.75 Å². The minimum absolute atomic E-state index is 0.131. The zero-order valence-electron chi connectivity index (χ0n) is 18.3. The molecule has 1 amide bonds. The number of amides is 1. The van der Waals surface area contributed by atoms with Crippen LogP contribution in [0, 0.1) is 19.8 Å². The standard InChI is InChI=1S/C27H23N3O3/c1-16-12-14-18(15-13-16)23-22-17(2)29-30(19-8-4-3-5-9-19)26(22)28-27(33)24(23)25(32)20-10-6-7-11-21(20)31/h3-15,23-24,31H,1-2H3,(H,28,33). The first-order chi connectivity index (χ1) is 16.0. The molecule has 2 heterocycles. The van der Waals surface area contributed by atoms with Gasteiger partial charge < -0.3 is 10.4 Å². The highest BCUT2D eigenvalue weighted by Crippen LogP contribution is 2.45. The average molecular weight is 437 g/mol. The Bertz CT molecular complexity index is 1360. The molecule has 3 aromatic carbocycles. The fourth-order valence-corrected chi connectivity index (χ4v) is 4.55. The fourth-order valence-electron chi connectivity index (χ4n) is 4.55. The molecule has 0 radical (unpaired) electrons. The van der Waals surface area contributed by atoms with Crippen molar-refractivity contribution in [3.05, 3.63) is 107 Å². The van der Waals surface area contributed by atoms with Gasteiger partial charge in [-0.25, -0.2) is 4.68 Å². The number of hydrogen-bond acceptors (Lipinski definition) is 4. The Morgan fingerprint density at radius 2 is 1.61 bits per heavy atom. The van der Waals surface area contributed by atoms with Crippen LogP contribution in [-0.4, -0.2) is 26.6 Å². The van der Waals surface area contributed by atoms with Gasteiger partial charge in [0.2, 0.25) is 5.91 Å². The van der Waals surface area contributed by atoms with Gasteiger partial charge in [0.1, 0.15) is 17.5 Å². The summed E-state index contributed by atoms with van der Waals surface area (Å²) in [6.45, 7) is 3.88. The van der Waals surface area contributed by atoms with Crippen molar-refractivity contribution in [1.82, 2.24) is 9.78 Å². The van der Waals surface area contributed by atoms with Crippen molar-refractivity contribution >= 4 is 17.5 Å². The van der Waals surface area contributed by atoms with Crippen LogP contribution >= 0.6 is 0 Å². The molecule has 0 fully saturated rings. The Labute approximate surface area is 191 Å². The van der Waals surface area contributed by atoms with E-state index in [2.05, 4.69) is 5.32 Å². The quantitative estimate of drug-likeness (QED) is 0.356. The number of anilines is 1. The Morgan fingerprint density at radius 1 is 0.939 bits per heavy atom. The third-order valence-corrected chi connectivity index (χ3v) is 6.16. The van der Waals surface area contributed by atoms with Crippen molar-refractivity contribution < 1.29 is 14.7 Å². The Morgan fingerprint density at radius 3 is 2.30 bits per heavy atom. The van der Waals surface area contributed by atoms with Crippen molar-refractivity contribution in [2.75, 3.05) is 5.32 Å². The second kappa shape index (κ2) is 8.06. The van der Waals surface area contributed by atoms with Crippen LogP contribution in [0.3, 0.4) is 0 Å². The van der Waals surface area contributed by atoms with E-state index >= 15 is 0 Å². The molecule has 2 atom stereocenters. The van der Waals surface area contributed by atoms with Gasteiger partial charge in [0, 0.05) is 11.5 Å². The first-order valence-electron chi connectivity index (χ1n) is 10.8. The molecule has 2 unspecified atom stereocenters. The molecule has 5 rings (SSSR count). The van der Waals surface area contributed by atoms with E-state index in [1.165, 1.54) is 6.07 Å². The van der Waals surface area contributed by atoms with Crippen molar-refractivity contribution in [1.29, 1.82) is 0 Å². The lowest BCUT2D eigenvalue weighted by atomic mass is 9.74. The first kappa shape index (κ1) is 20.7. The summed E-state index contributed by atoms with van der Waals surface area (Å²) in [7, 11) is 0. The van der Waals surface area contributed by atoms with Crippen molar-refractivity contribution in [3.8, 4) is 11.4 Å². The van der Waals surface area contributed by atoms with E-state index in [-0.39, 0.29) is 11.3 Å². The van der Waals surface area contributed by atoms with Crippen LogP contribution in [0.1, 0.15) is 38.7 Å². The summed E-state index contributed by atoms with van der Waals surface area (Å²) >= 11 is 0. The predicted molar refractivity (Wildman–Crippen MR) is 126 cm³/mol. The van der Waals surface area contributed by atoms with Crippen LogP contribution in [0.2, 0.25) is 0 Å². The summed E-state index contributed by atoms with van der Waals surface area (Å²) in [5.74, 6) is -2.00. The van der Waals surface area contributed by atoms with Gasteiger partial charge in [-0.2, -0.15) is 5.10 Å². The highest BCUT2D eigenvalue weighted by Gasteiger charge is 2.45. The van der Waals surface area contributed by atoms with E-state index in [9.17, 15) is 14.7 Å². The number of carbonyl (C=O) groups is 2. The number of ketones is 1. The predicted octanol–water partition coefficient (Wildman–Crippen LogP) is 4.78. The number of nitrogens with zero attached hydrogens (tertiary/aromatic N) is 2. The van der Waals surface area contributed by atoms with Crippen LogP contribution in [0.15, 0.2) is 78.9 Å². The summed E-state index contributed by atoms with van der Waals surface area (Å²) in [5.41, 5.74) is 4.41. The molecule has 1 aliphatic heterocycles. The fraction of sp³-hybridized carbons (Fsp3) is 0.148. The summed E-state index contributed by atoms with van der Waals surface area (Å²) < 4.78 is 1.71. The minimum Gasteiger partial charge on any atom is -0.507 e. The molecule has 0 aliphatic carbocycles. The monoisotopic (exact) mass is 437 g/mol. The highest BCUT2D eigenvalue weighted by molar-refractivity contribution is 6.17. The number of Topliss-reactive ketones (excluding diaryl/α,β-unsaturated/α-hetero) is 1. The summed E-state index contributed by atoms with van der Waals surface area (Å²) in [6.07, 6.45) is 0. The van der Waals surface area contributed by atoms with Crippen LogP contribution in [-0.2, 0) is 4.79 Å². The summed E-state index contributed by atoms with van der Waals surface area (Å²) in [4.78, 5) is 27.1. The van der Waals surface area contributed by atoms with Gasteiger partial charge in [0.25, 0.3) is 0 Å².